The number of rotatable bonds is 8. The van der Waals surface area contributed by atoms with Crippen molar-refractivity contribution in [3.63, 3.8) is 0 Å². The van der Waals surface area contributed by atoms with Crippen LogP contribution in [0, 0.1) is 23.2 Å². The van der Waals surface area contributed by atoms with Crippen LogP contribution in [0.25, 0.3) is 11.1 Å². The van der Waals surface area contributed by atoms with Crippen molar-refractivity contribution in [2.24, 2.45) is 23.2 Å². The number of imidazole rings is 2. The first-order valence-corrected chi connectivity index (χ1v) is 20.2. The van der Waals surface area contributed by atoms with Crippen LogP contribution >= 0.6 is 0 Å². The molecule has 2 bridgehead atoms. The Hall–Kier alpha value is -4.48. The summed E-state index contributed by atoms with van der Waals surface area (Å²) in [7, 11) is 1.34. The molecule has 2 aromatic heterocycles. The van der Waals surface area contributed by atoms with Gasteiger partial charge in [0.15, 0.2) is 0 Å². The van der Waals surface area contributed by atoms with Crippen molar-refractivity contribution in [2.45, 2.75) is 94.8 Å². The highest BCUT2D eigenvalue weighted by molar-refractivity contribution is 5.87. The van der Waals surface area contributed by atoms with Crippen LogP contribution in [-0.4, -0.2) is 75.8 Å². The molecular formula is C43H51N7O4. The molecule has 2 saturated carbocycles. The minimum absolute atomic E-state index is 0.00764. The van der Waals surface area contributed by atoms with Crippen LogP contribution in [0.2, 0.25) is 0 Å². The number of nitrogens with one attached hydrogen (secondary N) is 4. The number of methoxy groups -OCH3 is 1. The molecule has 2 aromatic rings. The number of likely N-dealkylation sites (tertiary alicyclic amines) is 1. The molecule has 0 radical (unpaired) electrons. The number of allylic oxidation sites excluding steroid dienone is 12. The van der Waals surface area contributed by atoms with Gasteiger partial charge in [-0.1, -0.05) is 42.5 Å². The van der Waals surface area contributed by atoms with E-state index in [1.54, 1.807) is 0 Å². The predicted molar refractivity (Wildman–Crippen MR) is 204 cm³/mol. The second-order valence-electron chi connectivity index (χ2n) is 17.0. The largest absolute Gasteiger partial charge is 0.453 e. The van der Waals surface area contributed by atoms with E-state index in [4.69, 9.17) is 19.4 Å². The van der Waals surface area contributed by atoms with Crippen molar-refractivity contribution in [1.29, 1.82) is 0 Å². The Balaban J connectivity index is 0.832. The van der Waals surface area contributed by atoms with Crippen molar-refractivity contribution in [3.8, 4) is 0 Å². The van der Waals surface area contributed by atoms with Gasteiger partial charge in [-0.05, 0) is 116 Å². The molecule has 1 spiro atoms. The third kappa shape index (κ3) is 6.32. The topological polar surface area (TPSA) is 137 Å². The van der Waals surface area contributed by atoms with E-state index in [-0.39, 0.29) is 23.3 Å². The maximum absolute atomic E-state index is 14.3. The molecule has 6 atom stereocenters. The van der Waals surface area contributed by atoms with Crippen LogP contribution in [-0.2, 0) is 14.3 Å². The summed E-state index contributed by atoms with van der Waals surface area (Å²) in [5, 5.41) is 6.65. The molecular weight excluding hydrogens is 679 g/mol. The van der Waals surface area contributed by atoms with E-state index >= 15 is 0 Å². The van der Waals surface area contributed by atoms with Gasteiger partial charge in [-0.2, -0.15) is 0 Å². The SMILES string of the molecule is COC(=O)NC(C(=O)N1CC2(CC2)CC1c1ncc(C2=CC=C3C=C(C4=CC=C(c5cnc(C6NC7CCC6C7)[nH]5)CC4)C=CC3C2)[nH]1)C1CCOCC1. The molecule has 11 nitrogen and oxygen atoms in total. The maximum Gasteiger partial charge on any atom is 0.407 e. The van der Waals surface area contributed by atoms with Crippen molar-refractivity contribution in [1.82, 2.24) is 35.5 Å². The second kappa shape index (κ2) is 13.7. The van der Waals surface area contributed by atoms with Crippen LogP contribution in [0.3, 0.4) is 0 Å². The average Bonchev–Trinajstić information content (AvgIpc) is 3.86. The maximum atomic E-state index is 14.3. The number of aromatic amines is 2. The summed E-state index contributed by atoms with van der Waals surface area (Å²) in [5.74, 6) is 2.92. The van der Waals surface area contributed by atoms with Crippen LogP contribution < -0.4 is 10.6 Å². The first-order chi connectivity index (χ1) is 26.4. The Morgan fingerprint density at radius 1 is 0.963 bits per heavy atom. The molecule has 3 saturated heterocycles. The number of aromatic nitrogens is 4. The van der Waals surface area contributed by atoms with Gasteiger partial charge in [0.25, 0.3) is 0 Å². The standard InChI is InChI=1S/C43H51N7O4/c1-53-42(52)49-38(27-12-16-54-17-13-27)41(51)50-24-43(14-15-43)21-36(50)39-44-23-35(47-39)31-9-8-29-18-28(6-7-30(29)19-31)25-2-4-26(5-3-25)34-22-45-40(48-34)37-32-10-11-33(20-32)46-37/h2,4,6-9,18,22-23,27,30,32-33,36-38,46H,3,5,10-17,19-21,24H2,1H3,(H,44,47)(H,45,48)(H,49,52). The molecule has 5 fully saturated rings. The fourth-order valence-electron chi connectivity index (χ4n) is 10.4. The monoisotopic (exact) mass is 729 g/mol. The molecule has 3 aliphatic heterocycles. The Morgan fingerprint density at radius 3 is 2.46 bits per heavy atom. The molecule has 2 amide bonds. The summed E-state index contributed by atoms with van der Waals surface area (Å²) in [5.41, 5.74) is 8.87. The predicted octanol–water partition coefficient (Wildman–Crippen LogP) is 6.78. The van der Waals surface area contributed by atoms with Gasteiger partial charge >= 0.3 is 6.09 Å². The highest BCUT2D eigenvalue weighted by Crippen LogP contribution is 2.58. The normalized spacial score (nSPS) is 30.3. The first kappa shape index (κ1) is 34.0. The third-order valence-corrected chi connectivity index (χ3v) is 13.8. The van der Waals surface area contributed by atoms with Crippen molar-refractivity contribution in [2.75, 3.05) is 26.9 Å². The number of piperidine rings is 1. The van der Waals surface area contributed by atoms with Gasteiger partial charge in [-0.15, -0.1) is 0 Å². The number of hydrogen-bond acceptors (Lipinski definition) is 7. The highest BCUT2D eigenvalue weighted by atomic mass is 16.5. The highest BCUT2D eigenvalue weighted by Gasteiger charge is 2.55. The van der Waals surface area contributed by atoms with E-state index in [1.807, 2.05) is 17.3 Å². The Labute approximate surface area is 316 Å². The number of H-pyrrole nitrogens is 2. The van der Waals surface area contributed by atoms with Gasteiger partial charge in [0, 0.05) is 31.7 Å². The van der Waals surface area contributed by atoms with Crippen molar-refractivity contribution in [3.05, 3.63) is 94.7 Å². The van der Waals surface area contributed by atoms with E-state index < -0.39 is 12.1 Å². The zero-order valence-electron chi connectivity index (χ0n) is 31.1. The summed E-state index contributed by atoms with van der Waals surface area (Å²) < 4.78 is 10.5. The van der Waals surface area contributed by atoms with Gasteiger partial charge in [-0.25, -0.2) is 14.8 Å². The number of alkyl carbamates (subject to hydrolysis) is 1. The minimum Gasteiger partial charge on any atom is -0.453 e. The van der Waals surface area contributed by atoms with Crippen LogP contribution in [0.1, 0.15) is 106 Å². The Morgan fingerprint density at radius 2 is 1.72 bits per heavy atom. The van der Waals surface area contributed by atoms with Gasteiger partial charge < -0.3 is 35.0 Å². The van der Waals surface area contributed by atoms with E-state index in [9.17, 15) is 9.59 Å². The zero-order chi connectivity index (χ0) is 36.4. The number of amides is 2. The number of fused-ring (bicyclic) bond motifs is 3. The zero-order valence-corrected chi connectivity index (χ0v) is 31.1. The van der Waals surface area contributed by atoms with Crippen LogP contribution in [0.5, 0.6) is 0 Å². The molecule has 54 heavy (non-hydrogen) atoms. The number of carbonyl (C=O) groups excluding carboxylic acids is 2. The van der Waals surface area contributed by atoms with Gasteiger partial charge in [-0.3, -0.25) is 4.79 Å². The minimum atomic E-state index is -0.645. The number of carbonyl (C=O) groups is 2. The van der Waals surface area contributed by atoms with Crippen LogP contribution in [0.15, 0.2) is 71.6 Å². The molecule has 5 heterocycles. The number of nitrogens with zero attached hydrogens (tertiary/aromatic N) is 3. The molecule has 11 heteroatoms. The molecule has 6 unspecified atom stereocenters. The van der Waals surface area contributed by atoms with E-state index in [1.165, 1.54) is 54.2 Å². The fourth-order valence-corrected chi connectivity index (χ4v) is 10.4. The van der Waals surface area contributed by atoms with E-state index in [0.717, 1.165) is 80.3 Å². The van der Waals surface area contributed by atoms with Crippen LogP contribution in [0.4, 0.5) is 4.79 Å². The number of hydrogen-bond donors (Lipinski definition) is 4. The van der Waals surface area contributed by atoms with Crippen molar-refractivity contribution >= 4 is 23.1 Å². The Bertz CT molecular complexity index is 2020. The van der Waals surface area contributed by atoms with Gasteiger partial charge in [0.2, 0.25) is 5.91 Å². The number of ether oxygens (including phenoxy) is 2. The molecule has 282 valence electrons. The summed E-state index contributed by atoms with van der Waals surface area (Å²) in [6, 6.07) is 0.257. The summed E-state index contributed by atoms with van der Waals surface area (Å²) in [4.78, 5) is 45.6. The fraction of sp³-hybridized carbons (Fsp3) is 0.535. The first-order valence-electron chi connectivity index (χ1n) is 20.2. The summed E-state index contributed by atoms with van der Waals surface area (Å²) in [6.45, 7) is 1.88. The second-order valence-corrected chi connectivity index (χ2v) is 17.0. The molecule has 5 aliphatic carbocycles. The summed E-state index contributed by atoms with van der Waals surface area (Å²) >= 11 is 0. The lowest BCUT2D eigenvalue weighted by atomic mass is 9.80. The molecule has 0 aromatic carbocycles. The lowest BCUT2D eigenvalue weighted by molar-refractivity contribution is -0.137. The third-order valence-electron chi connectivity index (χ3n) is 13.8. The van der Waals surface area contributed by atoms with Crippen molar-refractivity contribution < 1.29 is 19.1 Å². The van der Waals surface area contributed by atoms with E-state index in [2.05, 4.69) is 63.1 Å². The summed E-state index contributed by atoms with van der Waals surface area (Å²) in [6.07, 6.45) is 30.9. The average molecular weight is 730 g/mol. The lowest BCUT2D eigenvalue weighted by Gasteiger charge is -2.34. The van der Waals surface area contributed by atoms with Gasteiger partial charge in [0.05, 0.1) is 43.0 Å². The van der Waals surface area contributed by atoms with E-state index in [0.29, 0.717) is 37.8 Å². The lowest BCUT2D eigenvalue weighted by Crippen LogP contribution is -2.53. The molecule has 10 rings (SSSR count). The quantitative estimate of drug-likeness (QED) is 0.235. The van der Waals surface area contributed by atoms with Gasteiger partial charge in [0.1, 0.15) is 17.7 Å². The molecule has 4 N–H and O–H groups in total. The smallest absolute Gasteiger partial charge is 0.407 e. The molecule has 8 aliphatic rings. The Kier molecular flexibility index (Phi) is 8.62.